The zero-order chi connectivity index (χ0) is 15.2. The van der Waals surface area contributed by atoms with E-state index in [1.807, 2.05) is 34.6 Å². The maximum atomic E-state index is 12.1. The van der Waals surface area contributed by atoms with Gasteiger partial charge in [-0.2, -0.15) is 0 Å². The molecule has 20 heavy (non-hydrogen) atoms. The molecule has 1 heterocycles. The van der Waals surface area contributed by atoms with Crippen molar-refractivity contribution in [2.45, 2.75) is 65.1 Å². The van der Waals surface area contributed by atoms with Gasteiger partial charge in [0.2, 0.25) is 0 Å². The summed E-state index contributed by atoms with van der Waals surface area (Å²) in [6, 6.07) is 0.651. The van der Waals surface area contributed by atoms with E-state index in [1.54, 1.807) is 4.90 Å². The molecule has 1 aliphatic heterocycles. The van der Waals surface area contributed by atoms with Crippen LogP contribution in [0.3, 0.4) is 0 Å². The van der Waals surface area contributed by atoms with Crippen molar-refractivity contribution in [1.29, 1.82) is 0 Å². The SMILES string of the molecule is CC(C)N(CCNC1CCOCC1)C(=O)OC(C)(C)C. The Morgan fingerprint density at radius 2 is 1.95 bits per heavy atom. The molecular weight excluding hydrogens is 256 g/mol. The summed E-state index contributed by atoms with van der Waals surface area (Å²) >= 11 is 0. The van der Waals surface area contributed by atoms with Gasteiger partial charge in [0.1, 0.15) is 5.60 Å². The lowest BCUT2D eigenvalue weighted by atomic mass is 10.1. The lowest BCUT2D eigenvalue weighted by Crippen LogP contribution is -2.46. The molecule has 1 amide bonds. The normalized spacial score (nSPS) is 17.3. The molecule has 0 unspecified atom stereocenters. The van der Waals surface area contributed by atoms with Crippen molar-refractivity contribution < 1.29 is 14.3 Å². The minimum absolute atomic E-state index is 0.140. The summed E-state index contributed by atoms with van der Waals surface area (Å²) in [5, 5.41) is 3.50. The molecular formula is C15H30N2O3. The van der Waals surface area contributed by atoms with Crippen molar-refractivity contribution in [3.63, 3.8) is 0 Å². The summed E-state index contributed by atoms with van der Waals surface area (Å²) in [5.74, 6) is 0. The molecule has 5 nitrogen and oxygen atoms in total. The smallest absolute Gasteiger partial charge is 0.410 e. The molecule has 1 aliphatic rings. The molecule has 0 aliphatic carbocycles. The van der Waals surface area contributed by atoms with Crippen molar-refractivity contribution in [2.75, 3.05) is 26.3 Å². The van der Waals surface area contributed by atoms with E-state index in [1.165, 1.54) is 0 Å². The standard InChI is InChI=1S/C15H30N2O3/c1-12(2)17(14(18)20-15(3,4)5)9-8-16-13-6-10-19-11-7-13/h12-13,16H,6-11H2,1-5H3. The van der Waals surface area contributed by atoms with Crippen LogP contribution in [0, 0.1) is 0 Å². The minimum atomic E-state index is -0.446. The Morgan fingerprint density at radius 3 is 2.45 bits per heavy atom. The summed E-state index contributed by atoms with van der Waals surface area (Å²) < 4.78 is 10.8. The molecule has 0 bridgehead atoms. The van der Waals surface area contributed by atoms with Crippen LogP contribution in [0.4, 0.5) is 4.79 Å². The van der Waals surface area contributed by atoms with Crippen LogP contribution < -0.4 is 5.32 Å². The van der Waals surface area contributed by atoms with Crippen molar-refractivity contribution in [1.82, 2.24) is 10.2 Å². The van der Waals surface area contributed by atoms with Crippen molar-refractivity contribution >= 4 is 6.09 Å². The Balaban J connectivity index is 2.36. The summed E-state index contributed by atoms with van der Waals surface area (Å²) in [6.07, 6.45) is 1.86. The molecule has 1 saturated heterocycles. The fourth-order valence-electron chi connectivity index (χ4n) is 2.17. The quantitative estimate of drug-likeness (QED) is 0.843. The highest BCUT2D eigenvalue weighted by Gasteiger charge is 2.24. The largest absolute Gasteiger partial charge is 0.444 e. The van der Waals surface area contributed by atoms with Crippen LogP contribution in [0.5, 0.6) is 0 Å². The van der Waals surface area contributed by atoms with E-state index < -0.39 is 5.60 Å². The highest BCUT2D eigenvalue weighted by atomic mass is 16.6. The third-order valence-electron chi connectivity index (χ3n) is 3.26. The maximum Gasteiger partial charge on any atom is 0.410 e. The molecule has 0 spiro atoms. The summed E-state index contributed by atoms with van der Waals surface area (Å²) in [4.78, 5) is 13.9. The highest BCUT2D eigenvalue weighted by Crippen LogP contribution is 2.12. The number of ether oxygens (including phenoxy) is 2. The first-order chi connectivity index (χ1) is 9.29. The number of nitrogens with one attached hydrogen (secondary N) is 1. The van der Waals surface area contributed by atoms with E-state index in [9.17, 15) is 4.79 Å². The Kier molecular flexibility index (Phi) is 6.76. The van der Waals surface area contributed by atoms with Crippen molar-refractivity contribution in [2.24, 2.45) is 0 Å². The molecule has 1 fully saturated rings. The number of rotatable bonds is 5. The third kappa shape index (κ3) is 6.57. The van der Waals surface area contributed by atoms with Gasteiger partial charge >= 0.3 is 6.09 Å². The van der Waals surface area contributed by atoms with E-state index in [0.29, 0.717) is 12.6 Å². The number of carbonyl (C=O) groups excluding carboxylic acids is 1. The van der Waals surface area contributed by atoms with Gasteiger partial charge in [0.05, 0.1) is 0 Å². The molecule has 0 radical (unpaired) electrons. The van der Waals surface area contributed by atoms with Crippen LogP contribution in [-0.4, -0.2) is 55.0 Å². The molecule has 118 valence electrons. The number of amides is 1. The van der Waals surface area contributed by atoms with Crippen LogP contribution in [0.2, 0.25) is 0 Å². The molecule has 5 heteroatoms. The first-order valence-electron chi connectivity index (χ1n) is 7.60. The predicted molar refractivity (Wildman–Crippen MR) is 79.9 cm³/mol. The Labute approximate surface area is 123 Å². The highest BCUT2D eigenvalue weighted by molar-refractivity contribution is 5.68. The van der Waals surface area contributed by atoms with E-state index in [4.69, 9.17) is 9.47 Å². The third-order valence-corrected chi connectivity index (χ3v) is 3.26. The van der Waals surface area contributed by atoms with Gasteiger partial charge in [0, 0.05) is 38.4 Å². The molecule has 0 aromatic carbocycles. The Bertz CT molecular complexity index is 294. The maximum absolute atomic E-state index is 12.1. The van der Waals surface area contributed by atoms with E-state index >= 15 is 0 Å². The Hall–Kier alpha value is -0.810. The first-order valence-corrected chi connectivity index (χ1v) is 7.60. The second-order valence-electron chi connectivity index (χ2n) is 6.61. The summed E-state index contributed by atoms with van der Waals surface area (Å²) in [5.41, 5.74) is -0.446. The summed E-state index contributed by atoms with van der Waals surface area (Å²) in [6.45, 7) is 12.8. The zero-order valence-electron chi connectivity index (χ0n) is 13.6. The Morgan fingerprint density at radius 1 is 1.35 bits per heavy atom. The predicted octanol–water partition coefficient (Wildman–Crippen LogP) is 2.40. The van der Waals surface area contributed by atoms with Crippen LogP contribution in [0.1, 0.15) is 47.5 Å². The van der Waals surface area contributed by atoms with Gasteiger partial charge in [-0.25, -0.2) is 4.79 Å². The average Bonchev–Trinajstić information content (AvgIpc) is 2.33. The molecule has 1 rings (SSSR count). The number of nitrogens with zero attached hydrogens (tertiary/aromatic N) is 1. The summed E-state index contributed by atoms with van der Waals surface area (Å²) in [7, 11) is 0. The molecule has 0 atom stereocenters. The van der Waals surface area contributed by atoms with Gasteiger partial charge in [-0.15, -0.1) is 0 Å². The first kappa shape index (κ1) is 17.2. The number of hydrogen-bond acceptors (Lipinski definition) is 4. The van der Waals surface area contributed by atoms with Crippen molar-refractivity contribution in [3.8, 4) is 0 Å². The van der Waals surface area contributed by atoms with Gasteiger partial charge in [-0.05, 0) is 47.5 Å². The second-order valence-corrected chi connectivity index (χ2v) is 6.61. The topological polar surface area (TPSA) is 50.8 Å². The van der Waals surface area contributed by atoms with Gasteiger partial charge in [0.25, 0.3) is 0 Å². The van der Waals surface area contributed by atoms with Crippen LogP contribution in [-0.2, 0) is 9.47 Å². The fraction of sp³-hybridized carbons (Fsp3) is 0.933. The lowest BCUT2D eigenvalue weighted by molar-refractivity contribution is 0.0186. The minimum Gasteiger partial charge on any atom is -0.444 e. The van der Waals surface area contributed by atoms with Gasteiger partial charge in [0.15, 0.2) is 0 Å². The molecule has 0 aromatic heterocycles. The van der Waals surface area contributed by atoms with E-state index in [2.05, 4.69) is 5.32 Å². The average molecular weight is 286 g/mol. The van der Waals surface area contributed by atoms with Crippen LogP contribution in [0.25, 0.3) is 0 Å². The molecule has 0 saturated carbocycles. The number of hydrogen-bond donors (Lipinski definition) is 1. The molecule has 1 N–H and O–H groups in total. The lowest BCUT2D eigenvalue weighted by Gasteiger charge is -2.31. The number of carbonyl (C=O) groups is 1. The second kappa shape index (κ2) is 7.84. The zero-order valence-corrected chi connectivity index (χ0v) is 13.6. The van der Waals surface area contributed by atoms with E-state index in [-0.39, 0.29) is 12.1 Å². The van der Waals surface area contributed by atoms with Gasteiger partial charge in [-0.1, -0.05) is 0 Å². The monoisotopic (exact) mass is 286 g/mol. The molecule has 0 aromatic rings. The van der Waals surface area contributed by atoms with Gasteiger partial charge < -0.3 is 19.7 Å². The van der Waals surface area contributed by atoms with Crippen molar-refractivity contribution in [3.05, 3.63) is 0 Å². The van der Waals surface area contributed by atoms with Crippen LogP contribution >= 0.6 is 0 Å². The van der Waals surface area contributed by atoms with Gasteiger partial charge in [-0.3, -0.25) is 0 Å². The fourth-order valence-corrected chi connectivity index (χ4v) is 2.17. The van der Waals surface area contributed by atoms with Crippen LogP contribution in [0.15, 0.2) is 0 Å². The van der Waals surface area contributed by atoms with E-state index in [0.717, 1.165) is 32.6 Å².